The third-order valence-electron chi connectivity index (χ3n) is 3.34. The zero-order valence-electron chi connectivity index (χ0n) is 13.9. The summed E-state index contributed by atoms with van der Waals surface area (Å²) in [5.74, 6) is -5.52. The smallest absolute Gasteiger partial charge is 0.417 e. The number of carbonyl (C=O) groups excluding carboxylic acids is 1. The lowest BCUT2D eigenvalue weighted by atomic mass is 10.2. The first-order valence-electron chi connectivity index (χ1n) is 7.36. The minimum atomic E-state index is -5.21. The van der Waals surface area contributed by atoms with Crippen LogP contribution in [0.25, 0.3) is 0 Å². The van der Waals surface area contributed by atoms with Crippen molar-refractivity contribution < 1.29 is 44.3 Å². The van der Waals surface area contributed by atoms with Crippen molar-refractivity contribution in [3.8, 4) is 5.75 Å². The second kappa shape index (κ2) is 7.70. The zero-order chi connectivity index (χ0) is 21.3. The number of hydrogen-bond acceptors (Lipinski definition) is 4. The first-order valence-corrected chi connectivity index (χ1v) is 8.84. The first-order chi connectivity index (χ1) is 12.8. The molecule has 1 unspecified atom stereocenters. The van der Waals surface area contributed by atoms with E-state index in [2.05, 4.69) is 0 Å². The minimum Gasteiger partial charge on any atom is -0.481 e. The highest BCUT2D eigenvalue weighted by atomic mass is 32.2. The van der Waals surface area contributed by atoms with Crippen molar-refractivity contribution in [2.24, 2.45) is 0 Å². The summed E-state index contributed by atoms with van der Waals surface area (Å²) in [4.78, 5) is 10.6. The van der Waals surface area contributed by atoms with Crippen LogP contribution in [0.2, 0.25) is 0 Å². The number of amides is 1. The summed E-state index contributed by atoms with van der Waals surface area (Å²) >= 11 is 0. The van der Waals surface area contributed by atoms with Crippen LogP contribution in [0.4, 0.5) is 26.3 Å². The molecule has 0 aliphatic heterocycles. The number of nitrogens with one attached hydrogen (secondary N) is 1. The molecular weight excluding hydrogens is 416 g/mol. The van der Waals surface area contributed by atoms with Gasteiger partial charge in [-0.05, 0) is 37.3 Å². The highest BCUT2D eigenvalue weighted by Crippen LogP contribution is 2.34. The average molecular weight is 427 g/mol. The lowest BCUT2D eigenvalue weighted by Gasteiger charge is -2.17. The molecule has 2 aromatic rings. The standard InChI is InChI=1S/C16H11F6NO4S/c1-8(27-10-3-4-12(18)13(19)7-10)15(24)23-28(25,26)14-5-2-9(17)6-11(14)16(20,21)22/h2-8H,1H3,(H,23,24). The third kappa shape index (κ3) is 4.94. The molecule has 5 nitrogen and oxygen atoms in total. The van der Waals surface area contributed by atoms with Gasteiger partial charge in [0, 0.05) is 6.07 Å². The van der Waals surface area contributed by atoms with Gasteiger partial charge >= 0.3 is 6.18 Å². The van der Waals surface area contributed by atoms with Crippen molar-refractivity contribution in [2.75, 3.05) is 0 Å². The van der Waals surface area contributed by atoms with Gasteiger partial charge in [0.1, 0.15) is 11.6 Å². The molecule has 1 N–H and O–H groups in total. The van der Waals surface area contributed by atoms with Crippen LogP contribution >= 0.6 is 0 Å². The van der Waals surface area contributed by atoms with E-state index in [4.69, 9.17) is 4.74 Å². The van der Waals surface area contributed by atoms with E-state index in [0.717, 1.165) is 13.0 Å². The van der Waals surface area contributed by atoms with Crippen LogP contribution in [0.3, 0.4) is 0 Å². The third-order valence-corrected chi connectivity index (χ3v) is 4.75. The molecule has 1 amide bonds. The van der Waals surface area contributed by atoms with E-state index < -0.39 is 56.1 Å². The molecule has 1 atom stereocenters. The number of hydrogen-bond donors (Lipinski definition) is 1. The molecule has 12 heteroatoms. The zero-order valence-corrected chi connectivity index (χ0v) is 14.7. The van der Waals surface area contributed by atoms with Crippen LogP contribution in [0.1, 0.15) is 12.5 Å². The maximum Gasteiger partial charge on any atom is 0.417 e. The van der Waals surface area contributed by atoms with Crippen LogP contribution in [0.15, 0.2) is 41.3 Å². The van der Waals surface area contributed by atoms with Gasteiger partial charge in [0.2, 0.25) is 0 Å². The molecule has 0 aromatic heterocycles. The Balaban J connectivity index is 2.24. The van der Waals surface area contributed by atoms with Crippen molar-refractivity contribution in [1.29, 1.82) is 0 Å². The molecule has 0 aliphatic carbocycles. The van der Waals surface area contributed by atoms with Gasteiger partial charge in [0.05, 0.1) is 10.5 Å². The number of halogens is 6. The number of alkyl halides is 3. The first kappa shape index (κ1) is 21.5. The summed E-state index contributed by atoms with van der Waals surface area (Å²) in [5, 5.41) is 0. The second-order valence-corrected chi connectivity index (χ2v) is 7.09. The Morgan fingerprint density at radius 3 is 2.25 bits per heavy atom. The largest absolute Gasteiger partial charge is 0.481 e. The van der Waals surface area contributed by atoms with Crippen molar-refractivity contribution in [1.82, 2.24) is 4.72 Å². The molecule has 0 saturated carbocycles. The van der Waals surface area contributed by atoms with E-state index in [1.807, 2.05) is 0 Å². The van der Waals surface area contributed by atoms with Gasteiger partial charge in [-0.1, -0.05) is 0 Å². The Morgan fingerprint density at radius 1 is 1.04 bits per heavy atom. The fourth-order valence-electron chi connectivity index (χ4n) is 2.04. The fourth-order valence-corrected chi connectivity index (χ4v) is 3.29. The molecule has 152 valence electrons. The predicted octanol–water partition coefficient (Wildman–Crippen LogP) is 3.40. The number of rotatable bonds is 5. The lowest BCUT2D eigenvalue weighted by molar-refractivity contribution is -0.140. The van der Waals surface area contributed by atoms with Crippen molar-refractivity contribution in [3.05, 3.63) is 59.4 Å². The van der Waals surface area contributed by atoms with E-state index in [1.165, 1.54) is 4.72 Å². The van der Waals surface area contributed by atoms with Crippen LogP contribution < -0.4 is 9.46 Å². The van der Waals surface area contributed by atoms with E-state index in [1.54, 1.807) is 0 Å². The molecule has 0 aliphatic rings. The molecule has 0 radical (unpaired) electrons. The Kier molecular flexibility index (Phi) is 5.92. The Hall–Kier alpha value is -2.76. The van der Waals surface area contributed by atoms with Crippen LogP contribution in [-0.2, 0) is 21.0 Å². The summed E-state index contributed by atoms with van der Waals surface area (Å²) in [7, 11) is -5.04. The minimum absolute atomic E-state index is 0.0275. The Bertz CT molecular complexity index is 1010. The maximum absolute atomic E-state index is 13.1. The van der Waals surface area contributed by atoms with Gasteiger partial charge < -0.3 is 4.74 Å². The van der Waals surface area contributed by atoms with Crippen molar-refractivity contribution >= 4 is 15.9 Å². The van der Waals surface area contributed by atoms with Crippen LogP contribution in [-0.4, -0.2) is 20.4 Å². The summed E-state index contributed by atoms with van der Waals surface area (Å²) < 4.78 is 109. The van der Waals surface area contributed by atoms with Crippen LogP contribution in [0.5, 0.6) is 5.75 Å². The average Bonchev–Trinajstić information content (AvgIpc) is 2.56. The molecule has 0 bridgehead atoms. The van der Waals surface area contributed by atoms with Crippen molar-refractivity contribution in [2.45, 2.75) is 24.1 Å². The summed E-state index contributed by atoms with van der Waals surface area (Å²) in [6.07, 6.45) is -6.81. The molecule has 28 heavy (non-hydrogen) atoms. The number of ether oxygens (including phenoxy) is 1. The van der Waals surface area contributed by atoms with E-state index in [0.29, 0.717) is 24.3 Å². The Morgan fingerprint density at radius 2 is 1.68 bits per heavy atom. The molecule has 0 saturated heterocycles. The quantitative estimate of drug-likeness (QED) is 0.743. The van der Waals surface area contributed by atoms with Gasteiger partial charge in [-0.2, -0.15) is 13.2 Å². The lowest BCUT2D eigenvalue weighted by Crippen LogP contribution is -2.40. The van der Waals surface area contributed by atoms with Gasteiger partial charge in [-0.25, -0.2) is 26.3 Å². The second-order valence-electron chi connectivity index (χ2n) is 5.44. The van der Waals surface area contributed by atoms with Gasteiger partial charge in [0.25, 0.3) is 15.9 Å². The van der Waals surface area contributed by atoms with E-state index >= 15 is 0 Å². The molecular formula is C16H11F6NO4S. The molecule has 2 rings (SSSR count). The monoisotopic (exact) mass is 427 g/mol. The normalized spacial score (nSPS) is 13.1. The van der Waals surface area contributed by atoms with E-state index in [9.17, 15) is 39.6 Å². The Labute approximate surface area is 155 Å². The van der Waals surface area contributed by atoms with Gasteiger partial charge in [-0.3, -0.25) is 4.79 Å². The number of sulfonamides is 1. The molecule has 0 spiro atoms. The predicted molar refractivity (Wildman–Crippen MR) is 83.2 cm³/mol. The summed E-state index contributed by atoms with van der Waals surface area (Å²) in [5.41, 5.74) is -1.80. The van der Waals surface area contributed by atoms with Crippen molar-refractivity contribution in [3.63, 3.8) is 0 Å². The van der Waals surface area contributed by atoms with Crippen LogP contribution in [0, 0.1) is 17.5 Å². The molecule has 2 aromatic carbocycles. The highest BCUT2D eigenvalue weighted by Gasteiger charge is 2.38. The molecule has 0 fully saturated rings. The highest BCUT2D eigenvalue weighted by molar-refractivity contribution is 7.90. The number of carbonyl (C=O) groups is 1. The summed E-state index contributed by atoms with van der Waals surface area (Å²) in [6.45, 7) is 1.03. The number of benzene rings is 2. The van der Waals surface area contributed by atoms with E-state index in [-0.39, 0.29) is 11.8 Å². The maximum atomic E-state index is 13.1. The van der Waals surface area contributed by atoms with Gasteiger partial charge in [0.15, 0.2) is 17.7 Å². The SMILES string of the molecule is CC(Oc1ccc(F)c(F)c1)C(=O)NS(=O)(=O)c1ccc(F)cc1C(F)(F)F. The topological polar surface area (TPSA) is 72.5 Å². The fraction of sp³-hybridized carbons (Fsp3) is 0.188. The summed E-state index contributed by atoms with van der Waals surface area (Å²) in [6, 6.07) is 3.05. The van der Waals surface area contributed by atoms with Gasteiger partial charge in [-0.15, -0.1) is 0 Å². The molecule has 0 heterocycles.